The number of fused-ring (bicyclic) bond motifs is 1. The van der Waals surface area contributed by atoms with Crippen molar-refractivity contribution in [3.8, 4) is 0 Å². The Morgan fingerprint density at radius 2 is 1.96 bits per heavy atom. The number of likely N-dealkylation sites (N-methyl/N-ethyl adjacent to an activating group) is 1. The molecule has 5 heteroatoms. The van der Waals surface area contributed by atoms with E-state index in [0.717, 1.165) is 24.6 Å². The molecule has 5 nitrogen and oxygen atoms in total. The van der Waals surface area contributed by atoms with Crippen LogP contribution >= 0.6 is 0 Å². The number of H-pyrrole nitrogens is 1. The molecule has 3 aliphatic rings. The van der Waals surface area contributed by atoms with Crippen molar-refractivity contribution in [2.45, 2.75) is 51.0 Å². The minimum atomic E-state index is 0.821. The molecule has 0 amide bonds. The van der Waals surface area contributed by atoms with Crippen LogP contribution in [0.1, 0.15) is 49.7 Å². The third kappa shape index (κ3) is 3.78. The maximum atomic E-state index is 5.86. The third-order valence-electron chi connectivity index (χ3n) is 6.75. The Labute approximate surface area is 169 Å². The number of anilines is 1. The van der Waals surface area contributed by atoms with Crippen LogP contribution in [0.5, 0.6) is 0 Å². The molecule has 1 saturated heterocycles. The number of nitrogens with one attached hydrogen (secondary N) is 1. The van der Waals surface area contributed by atoms with Gasteiger partial charge in [0.25, 0.3) is 0 Å². The minimum Gasteiger partial charge on any atom is -0.357 e. The molecule has 1 aromatic rings. The first-order chi connectivity index (χ1) is 13.6. The quantitative estimate of drug-likeness (QED) is 0.362. The molecule has 2 aliphatic heterocycles. The van der Waals surface area contributed by atoms with E-state index in [1.165, 1.54) is 68.6 Å². The highest BCUT2D eigenvalue weighted by atomic mass is 15.4. The number of aromatic nitrogens is 1. The van der Waals surface area contributed by atoms with E-state index in [1.807, 2.05) is 19.3 Å². The fraction of sp³-hybridized carbons (Fsp3) is 0.565. The van der Waals surface area contributed by atoms with Crippen LogP contribution in [-0.2, 0) is 6.42 Å². The predicted octanol–water partition coefficient (Wildman–Crippen LogP) is 3.67. The maximum absolute atomic E-state index is 5.86. The lowest BCUT2D eigenvalue weighted by Gasteiger charge is -2.35. The number of allylic oxidation sites excluding steroid dienone is 3. The van der Waals surface area contributed by atoms with Crippen LogP contribution in [0.2, 0.25) is 0 Å². The lowest BCUT2D eigenvalue weighted by molar-refractivity contribution is 0.206. The molecule has 28 heavy (non-hydrogen) atoms. The van der Waals surface area contributed by atoms with Gasteiger partial charge in [-0.15, -0.1) is 0 Å². The SMILES string of the molecule is C=C/C(=C\N(C)N)c1c[nH]c2c1CC(=C1CCC(N3CCCC3)CC1)CN2C. The second-order valence-corrected chi connectivity index (χ2v) is 8.70. The van der Waals surface area contributed by atoms with E-state index in [4.69, 9.17) is 5.84 Å². The lowest BCUT2D eigenvalue weighted by atomic mass is 9.83. The number of hydrazine groups is 1. The highest BCUT2D eigenvalue weighted by Gasteiger charge is 2.29. The summed E-state index contributed by atoms with van der Waals surface area (Å²) in [4.78, 5) is 8.58. The van der Waals surface area contributed by atoms with Crippen LogP contribution in [0, 0.1) is 0 Å². The maximum Gasteiger partial charge on any atom is 0.110 e. The van der Waals surface area contributed by atoms with Gasteiger partial charge < -0.3 is 19.8 Å². The van der Waals surface area contributed by atoms with E-state index >= 15 is 0 Å². The van der Waals surface area contributed by atoms with Crippen molar-refractivity contribution in [3.63, 3.8) is 0 Å². The molecule has 0 aromatic carbocycles. The van der Waals surface area contributed by atoms with Gasteiger partial charge in [-0.2, -0.15) is 0 Å². The van der Waals surface area contributed by atoms with Gasteiger partial charge in [-0.3, -0.25) is 0 Å². The van der Waals surface area contributed by atoms with Gasteiger partial charge in [0.05, 0.1) is 0 Å². The molecule has 152 valence electrons. The summed E-state index contributed by atoms with van der Waals surface area (Å²) in [6.45, 7) is 7.68. The smallest absolute Gasteiger partial charge is 0.110 e. The van der Waals surface area contributed by atoms with Gasteiger partial charge in [-0.05, 0) is 63.6 Å². The fourth-order valence-corrected chi connectivity index (χ4v) is 5.32. The number of nitrogens with zero attached hydrogens (tertiary/aromatic N) is 3. The second kappa shape index (κ2) is 8.18. The summed E-state index contributed by atoms with van der Waals surface area (Å²) in [7, 11) is 4.04. The topological polar surface area (TPSA) is 51.5 Å². The summed E-state index contributed by atoms with van der Waals surface area (Å²) in [6, 6.07) is 0.821. The standard InChI is InChI=1S/C23H35N5/c1-4-17(16-27(3)24)22-14-25-23-21(22)13-19(15-26(23)2)18-7-9-20(10-8-18)28-11-5-6-12-28/h4,14,16,20,25H,1,5-13,15,24H2,2-3H3/b17-16+,19-18?. The summed E-state index contributed by atoms with van der Waals surface area (Å²) in [5, 5.41) is 1.60. The van der Waals surface area contributed by atoms with Crippen LogP contribution in [0.15, 0.2) is 36.2 Å². The zero-order valence-electron chi connectivity index (χ0n) is 17.5. The highest BCUT2D eigenvalue weighted by Crippen LogP contribution is 2.38. The lowest BCUT2D eigenvalue weighted by Crippen LogP contribution is -2.35. The molecule has 1 saturated carbocycles. The molecule has 0 unspecified atom stereocenters. The largest absolute Gasteiger partial charge is 0.357 e. The molecule has 0 bridgehead atoms. The molecule has 3 N–H and O–H groups in total. The molecule has 3 heterocycles. The van der Waals surface area contributed by atoms with Crippen molar-refractivity contribution in [3.05, 3.63) is 47.3 Å². The van der Waals surface area contributed by atoms with Crippen molar-refractivity contribution in [2.75, 3.05) is 38.6 Å². The molecule has 0 atom stereocenters. The van der Waals surface area contributed by atoms with E-state index in [2.05, 4.69) is 34.6 Å². The van der Waals surface area contributed by atoms with E-state index in [1.54, 1.807) is 16.2 Å². The van der Waals surface area contributed by atoms with Gasteiger partial charge >= 0.3 is 0 Å². The Hall–Kier alpha value is -1.98. The van der Waals surface area contributed by atoms with E-state index in [-0.39, 0.29) is 0 Å². The highest BCUT2D eigenvalue weighted by molar-refractivity contribution is 5.79. The Morgan fingerprint density at radius 1 is 1.25 bits per heavy atom. The number of aromatic amines is 1. The zero-order chi connectivity index (χ0) is 19.7. The number of hydrogen-bond acceptors (Lipinski definition) is 4. The summed E-state index contributed by atoms with van der Waals surface area (Å²) in [5.74, 6) is 7.10. The van der Waals surface area contributed by atoms with E-state index < -0.39 is 0 Å². The van der Waals surface area contributed by atoms with Gasteiger partial charge in [0.1, 0.15) is 5.82 Å². The monoisotopic (exact) mass is 381 g/mol. The minimum absolute atomic E-state index is 0.821. The van der Waals surface area contributed by atoms with Crippen molar-refractivity contribution < 1.29 is 0 Å². The summed E-state index contributed by atoms with van der Waals surface area (Å²) < 4.78 is 0. The van der Waals surface area contributed by atoms with Crippen molar-refractivity contribution in [2.24, 2.45) is 5.84 Å². The molecular weight excluding hydrogens is 346 g/mol. The molecular formula is C23H35N5. The van der Waals surface area contributed by atoms with Gasteiger partial charge in [-0.25, -0.2) is 5.84 Å². The summed E-state index contributed by atoms with van der Waals surface area (Å²) in [5.41, 5.74) is 7.00. The van der Waals surface area contributed by atoms with Crippen molar-refractivity contribution in [1.82, 2.24) is 14.9 Å². The summed E-state index contributed by atoms with van der Waals surface area (Å²) in [6.07, 6.45) is 15.0. The predicted molar refractivity (Wildman–Crippen MR) is 118 cm³/mol. The van der Waals surface area contributed by atoms with Crippen LogP contribution in [0.4, 0.5) is 5.82 Å². The van der Waals surface area contributed by atoms with Gasteiger partial charge in [0.15, 0.2) is 0 Å². The number of rotatable bonds is 4. The van der Waals surface area contributed by atoms with E-state index in [0.29, 0.717) is 0 Å². The number of hydrogen-bond donors (Lipinski definition) is 2. The number of nitrogens with two attached hydrogens (primary N) is 1. The summed E-state index contributed by atoms with van der Waals surface area (Å²) >= 11 is 0. The average Bonchev–Trinajstić information content (AvgIpc) is 3.36. The first-order valence-electron chi connectivity index (χ1n) is 10.7. The Balaban J connectivity index is 1.55. The molecule has 0 spiro atoms. The van der Waals surface area contributed by atoms with Gasteiger partial charge in [0.2, 0.25) is 0 Å². The van der Waals surface area contributed by atoms with Crippen LogP contribution in [-0.4, -0.2) is 54.7 Å². The Kier molecular flexibility index (Phi) is 5.65. The van der Waals surface area contributed by atoms with E-state index in [9.17, 15) is 0 Å². The first-order valence-corrected chi connectivity index (χ1v) is 10.7. The molecule has 1 aliphatic carbocycles. The third-order valence-corrected chi connectivity index (χ3v) is 6.75. The Morgan fingerprint density at radius 3 is 2.61 bits per heavy atom. The van der Waals surface area contributed by atoms with Crippen LogP contribution < -0.4 is 10.7 Å². The molecule has 2 fully saturated rings. The molecule has 1 aromatic heterocycles. The number of likely N-dealkylation sites (tertiary alicyclic amines) is 1. The molecule has 4 rings (SSSR count). The van der Waals surface area contributed by atoms with Crippen molar-refractivity contribution in [1.29, 1.82) is 0 Å². The van der Waals surface area contributed by atoms with Crippen molar-refractivity contribution >= 4 is 11.4 Å². The van der Waals surface area contributed by atoms with Gasteiger partial charge in [-0.1, -0.05) is 18.2 Å². The van der Waals surface area contributed by atoms with Crippen LogP contribution in [0.3, 0.4) is 0 Å². The fourth-order valence-electron chi connectivity index (χ4n) is 5.32. The Bertz CT molecular complexity index is 769. The second-order valence-electron chi connectivity index (χ2n) is 8.70. The molecule has 0 radical (unpaired) electrons. The first kappa shape index (κ1) is 19.3. The zero-order valence-corrected chi connectivity index (χ0v) is 17.5. The normalized spacial score (nSPS) is 23.9. The van der Waals surface area contributed by atoms with Gasteiger partial charge in [0, 0.05) is 55.8 Å². The van der Waals surface area contributed by atoms with Crippen LogP contribution in [0.25, 0.3) is 5.57 Å². The average molecular weight is 382 g/mol.